The first-order valence-electron chi connectivity index (χ1n) is 5.78. The molecule has 1 aromatic carbocycles. The lowest BCUT2D eigenvalue weighted by atomic mass is 10.1. The van der Waals surface area contributed by atoms with Gasteiger partial charge in [-0.1, -0.05) is 0 Å². The molecule has 0 radical (unpaired) electrons. The number of amides is 1. The van der Waals surface area contributed by atoms with Gasteiger partial charge < -0.3 is 15.0 Å². The Labute approximate surface area is 118 Å². The van der Waals surface area contributed by atoms with Gasteiger partial charge in [-0.05, 0) is 28.7 Å². The van der Waals surface area contributed by atoms with Crippen molar-refractivity contribution in [2.45, 2.75) is 12.5 Å². The smallest absolute Gasteiger partial charge is 0.226 e. The number of hydrogen-bond donors (Lipinski definition) is 1. The van der Waals surface area contributed by atoms with E-state index in [1.54, 1.807) is 6.07 Å². The number of rotatable bonds is 0. The number of nitrogens with zero attached hydrogens (tertiary/aromatic N) is 1. The Hall–Kier alpha value is -0.890. The fourth-order valence-corrected chi connectivity index (χ4v) is 2.90. The summed E-state index contributed by atoms with van der Waals surface area (Å²) in [5.41, 5.74) is 1.45. The number of carbonyl (C=O) groups is 1. The molecule has 18 heavy (non-hydrogen) atoms. The van der Waals surface area contributed by atoms with E-state index in [-0.39, 0.29) is 17.8 Å². The van der Waals surface area contributed by atoms with Gasteiger partial charge in [-0.15, -0.1) is 0 Å². The standard InChI is InChI=1S/C12H12FIN2O2/c13-8-4-11-10(5-9(8)14)15-12(17)3-7-6-18-2-1-16(7)11/h4-5,7H,1-3,6H2,(H,15,17). The van der Waals surface area contributed by atoms with E-state index >= 15 is 0 Å². The third-order valence-corrected chi connectivity index (χ3v) is 4.10. The number of ether oxygens (including phenoxy) is 1. The molecule has 2 heterocycles. The highest BCUT2D eigenvalue weighted by atomic mass is 127. The van der Waals surface area contributed by atoms with E-state index < -0.39 is 0 Å². The van der Waals surface area contributed by atoms with Crippen LogP contribution in [-0.4, -0.2) is 31.7 Å². The highest BCUT2D eigenvalue weighted by molar-refractivity contribution is 14.1. The molecule has 0 aromatic heterocycles. The molecule has 1 saturated heterocycles. The van der Waals surface area contributed by atoms with Gasteiger partial charge in [0.15, 0.2) is 0 Å². The lowest BCUT2D eigenvalue weighted by molar-refractivity contribution is -0.116. The number of morpholine rings is 1. The summed E-state index contributed by atoms with van der Waals surface area (Å²) in [6, 6.07) is 3.18. The summed E-state index contributed by atoms with van der Waals surface area (Å²) in [4.78, 5) is 13.9. The predicted octanol–water partition coefficient (Wildman–Crippen LogP) is 1.98. The van der Waals surface area contributed by atoms with Crippen LogP contribution < -0.4 is 10.2 Å². The molecule has 0 spiro atoms. The first-order valence-corrected chi connectivity index (χ1v) is 6.86. The number of carbonyl (C=O) groups excluding carboxylic acids is 1. The Balaban J connectivity index is 2.09. The average Bonchev–Trinajstić information content (AvgIpc) is 2.46. The van der Waals surface area contributed by atoms with Gasteiger partial charge in [0.1, 0.15) is 5.82 Å². The van der Waals surface area contributed by atoms with E-state index in [0.29, 0.717) is 35.4 Å². The van der Waals surface area contributed by atoms with Gasteiger partial charge in [0.2, 0.25) is 5.91 Å². The number of nitrogens with one attached hydrogen (secondary N) is 1. The van der Waals surface area contributed by atoms with E-state index in [1.807, 2.05) is 22.6 Å². The summed E-state index contributed by atoms with van der Waals surface area (Å²) in [6.07, 6.45) is 0.382. The highest BCUT2D eigenvalue weighted by Gasteiger charge is 2.31. The topological polar surface area (TPSA) is 41.6 Å². The van der Waals surface area contributed by atoms with Gasteiger partial charge in [-0.25, -0.2) is 4.39 Å². The molecule has 1 atom stereocenters. The molecule has 0 aliphatic carbocycles. The number of benzene rings is 1. The molecule has 0 bridgehead atoms. The van der Waals surface area contributed by atoms with Crippen LogP contribution in [0.4, 0.5) is 15.8 Å². The lowest BCUT2D eigenvalue weighted by Gasteiger charge is -2.36. The van der Waals surface area contributed by atoms with Gasteiger partial charge in [0, 0.05) is 19.0 Å². The van der Waals surface area contributed by atoms with Crippen molar-refractivity contribution in [1.82, 2.24) is 0 Å². The Morgan fingerprint density at radius 1 is 1.50 bits per heavy atom. The van der Waals surface area contributed by atoms with Crippen LogP contribution in [0.2, 0.25) is 0 Å². The Kier molecular flexibility index (Phi) is 3.14. The number of anilines is 2. The molecule has 4 nitrogen and oxygen atoms in total. The monoisotopic (exact) mass is 362 g/mol. The SMILES string of the molecule is O=C1CC2COCCN2c2cc(F)c(I)cc2N1. The second-order valence-corrected chi connectivity index (χ2v) is 5.62. The normalized spacial score (nSPS) is 22.9. The molecule has 1 amide bonds. The quantitative estimate of drug-likeness (QED) is 0.718. The first-order chi connectivity index (χ1) is 8.65. The van der Waals surface area contributed by atoms with Crippen molar-refractivity contribution >= 4 is 39.9 Å². The minimum Gasteiger partial charge on any atom is -0.377 e. The van der Waals surface area contributed by atoms with Crippen molar-refractivity contribution in [3.8, 4) is 0 Å². The zero-order valence-electron chi connectivity index (χ0n) is 9.58. The summed E-state index contributed by atoms with van der Waals surface area (Å²) in [5.74, 6) is -0.299. The molecule has 1 unspecified atom stereocenters. The Morgan fingerprint density at radius 2 is 2.33 bits per heavy atom. The minimum absolute atomic E-state index is 0.000499. The van der Waals surface area contributed by atoms with Crippen molar-refractivity contribution in [3.63, 3.8) is 0 Å². The van der Waals surface area contributed by atoms with Gasteiger partial charge in [0.25, 0.3) is 0 Å². The van der Waals surface area contributed by atoms with Gasteiger partial charge in [-0.3, -0.25) is 4.79 Å². The van der Waals surface area contributed by atoms with Crippen LogP contribution in [0.5, 0.6) is 0 Å². The molecule has 1 aromatic rings. The van der Waals surface area contributed by atoms with Gasteiger partial charge >= 0.3 is 0 Å². The summed E-state index contributed by atoms with van der Waals surface area (Å²) >= 11 is 1.93. The molecule has 2 aliphatic heterocycles. The number of hydrogen-bond acceptors (Lipinski definition) is 3. The fourth-order valence-electron chi connectivity index (χ4n) is 2.43. The number of halogens is 2. The summed E-state index contributed by atoms with van der Waals surface area (Å²) in [6.45, 7) is 1.81. The third-order valence-electron chi connectivity index (χ3n) is 3.27. The first kappa shape index (κ1) is 12.2. The van der Waals surface area contributed by atoms with Crippen LogP contribution in [0.25, 0.3) is 0 Å². The zero-order valence-corrected chi connectivity index (χ0v) is 11.7. The fraction of sp³-hybridized carbons (Fsp3) is 0.417. The molecule has 1 N–H and O–H groups in total. The molecular weight excluding hydrogens is 350 g/mol. The van der Waals surface area contributed by atoms with Crippen LogP contribution in [0, 0.1) is 9.39 Å². The third kappa shape index (κ3) is 2.07. The molecule has 2 aliphatic rings. The van der Waals surface area contributed by atoms with E-state index in [2.05, 4.69) is 10.2 Å². The second kappa shape index (κ2) is 4.65. The maximum absolute atomic E-state index is 13.7. The number of fused-ring (bicyclic) bond motifs is 3. The Bertz CT molecular complexity index is 509. The van der Waals surface area contributed by atoms with Crippen molar-refractivity contribution in [2.75, 3.05) is 30.0 Å². The van der Waals surface area contributed by atoms with E-state index in [9.17, 15) is 9.18 Å². The van der Waals surface area contributed by atoms with E-state index in [4.69, 9.17) is 4.74 Å². The second-order valence-electron chi connectivity index (χ2n) is 4.46. The molecule has 1 fully saturated rings. The summed E-state index contributed by atoms with van der Waals surface area (Å²) in [5, 5.41) is 2.84. The van der Waals surface area contributed by atoms with Crippen molar-refractivity contribution < 1.29 is 13.9 Å². The van der Waals surface area contributed by atoms with Crippen LogP contribution >= 0.6 is 22.6 Å². The average molecular weight is 362 g/mol. The van der Waals surface area contributed by atoms with Crippen molar-refractivity contribution in [2.24, 2.45) is 0 Å². The highest BCUT2D eigenvalue weighted by Crippen LogP contribution is 2.35. The maximum atomic E-state index is 13.7. The summed E-state index contributed by atoms with van der Waals surface area (Å²) < 4.78 is 19.6. The van der Waals surface area contributed by atoms with Crippen LogP contribution in [0.3, 0.4) is 0 Å². The van der Waals surface area contributed by atoms with Crippen molar-refractivity contribution in [3.05, 3.63) is 21.5 Å². The molecular formula is C12H12FIN2O2. The summed E-state index contributed by atoms with van der Waals surface area (Å²) in [7, 11) is 0. The van der Waals surface area contributed by atoms with Crippen molar-refractivity contribution in [1.29, 1.82) is 0 Å². The lowest BCUT2D eigenvalue weighted by Crippen LogP contribution is -2.45. The largest absolute Gasteiger partial charge is 0.377 e. The zero-order chi connectivity index (χ0) is 12.7. The predicted molar refractivity (Wildman–Crippen MR) is 74.3 cm³/mol. The molecule has 0 saturated carbocycles. The van der Waals surface area contributed by atoms with Gasteiger partial charge in [0.05, 0.1) is 34.2 Å². The van der Waals surface area contributed by atoms with Crippen LogP contribution in [-0.2, 0) is 9.53 Å². The maximum Gasteiger partial charge on any atom is 0.226 e. The molecule has 3 rings (SSSR count). The molecule has 6 heteroatoms. The van der Waals surface area contributed by atoms with Crippen LogP contribution in [0.1, 0.15) is 6.42 Å². The van der Waals surface area contributed by atoms with Gasteiger partial charge in [-0.2, -0.15) is 0 Å². The molecule has 96 valence electrons. The van der Waals surface area contributed by atoms with Crippen LogP contribution in [0.15, 0.2) is 12.1 Å². The van der Waals surface area contributed by atoms with E-state index in [1.165, 1.54) is 6.07 Å². The Morgan fingerprint density at radius 3 is 3.17 bits per heavy atom. The minimum atomic E-state index is -0.254. The van der Waals surface area contributed by atoms with E-state index in [0.717, 1.165) is 5.69 Å².